The van der Waals surface area contributed by atoms with Crippen molar-refractivity contribution in [1.29, 1.82) is 0 Å². The van der Waals surface area contributed by atoms with Gasteiger partial charge in [0.2, 0.25) is 0 Å². The lowest BCUT2D eigenvalue weighted by Crippen LogP contribution is -1.78. The van der Waals surface area contributed by atoms with Gasteiger partial charge >= 0.3 is 0 Å². The summed E-state index contributed by atoms with van der Waals surface area (Å²) in [5, 5.41) is 0. The van der Waals surface area contributed by atoms with Gasteiger partial charge in [-0.1, -0.05) is 0 Å². The molecule has 0 spiro atoms. The topological polar surface area (TPSA) is 25.1 Å². The molecule has 0 aliphatic carbocycles. The molecular formula is C6H7O2. The molecule has 1 atom stereocenters. The van der Waals surface area contributed by atoms with Crippen molar-refractivity contribution >= 4 is 0 Å². The third-order valence-corrected chi connectivity index (χ3v) is 1.22. The van der Waals surface area contributed by atoms with Crippen molar-refractivity contribution in [3.05, 3.63) is 11.8 Å². The molecule has 2 heteroatoms. The van der Waals surface area contributed by atoms with E-state index in [4.69, 9.17) is 9.47 Å². The van der Waals surface area contributed by atoms with Crippen LogP contribution in [0.4, 0.5) is 0 Å². The first kappa shape index (κ1) is 4.39. The van der Waals surface area contributed by atoms with Crippen LogP contribution in [0.15, 0.2) is 5.76 Å². The second kappa shape index (κ2) is 1.49. The summed E-state index contributed by atoms with van der Waals surface area (Å²) in [4.78, 5) is 0. The zero-order valence-electron chi connectivity index (χ0n) is 4.52. The standard InChI is InChI=1S/C6H7O2/c1(5-3-7-5)2-6-4-8-6/h5H,1,3-4H2. The lowest BCUT2D eigenvalue weighted by atomic mass is 10.3. The summed E-state index contributed by atoms with van der Waals surface area (Å²) in [6.07, 6.45) is 4.48. The molecule has 1 unspecified atom stereocenters. The molecule has 2 fully saturated rings. The highest BCUT2D eigenvalue weighted by Gasteiger charge is 2.23. The van der Waals surface area contributed by atoms with E-state index >= 15 is 0 Å². The van der Waals surface area contributed by atoms with Gasteiger partial charge in [0.15, 0.2) is 0 Å². The van der Waals surface area contributed by atoms with E-state index in [-0.39, 0.29) is 0 Å². The van der Waals surface area contributed by atoms with E-state index in [1.165, 1.54) is 0 Å². The first-order chi connectivity index (χ1) is 3.95. The second-order valence-corrected chi connectivity index (χ2v) is 2.05. The van der Waals surface area contributed by atoms with Gasteiger partial charge in [-0.2, -0.15) is 0 Å². The average Bonchev–Trinajstić information content (AvgIpc) is 2.60. The van der Waals surface area contributed by atoms with Crippen LogP contribution < -0.4 is 0 Å². The molecule has 8 heavy (non-hydrogen) atoms. The van der Waals surface area contributed by atoms with Crippen molar-refractivity contribution in [3.63, 3.8) is 0 Å². The first-order valence-electron chi connectivity index (χ1n) is 2.79. The second-order valence-electron chi connectivity index (χ2n) is 2.05. The third kappa shape index (κ3) is 1.01. The van der Waals surface area contributed by atoms with Crippen molar-refractivity contribution < 1.29 is 9.47 Å². The van der Waals surface area contributed by atoms with Gasteiger partial charge in [-0.05, 0) is 0 Å². The summed E-state index contributed by atoms with van der Waals surface area (Å²) in [5.41, 5.74) is 0. The molecule has 2 heterocycles. The van der Waals surface area contributed by atoms with Crippen LogP contribution in [0.1, 0.15) is 6.42 Å². The summed E-state index contributed by atoms with van der Waals surface area (Å²) >= 11 is 0. The fourth-order valence-corrected chi connectivity index (χ4v) is 0.552. The van der Waals surface area contributed by atoms with Gasteiger partial charge in [0.05, 0.1) is 12.7 Å². The lowest BCUT2D eigenvalue weighted by Gasteiger charge is -1.75. The van der Waals surface area contributed by atoms with Crippen molar-refractivity contribution in [2.24, 2.45) is 0 Å². The molecule has 2 aliphatic rings. The summed E-state index contributed by atoms with van der Waals surface area (Å²) in [7, 11) is 0. The number of epoxide rings is 2. The monoisotopic (exact) mass is 111 g/mol. The summed E-state index contributed by atoms with van der Waals surface area (Å²) in [6, 6.07) is 0. The minimum absolute atomic E-state index is 0.465. The van der Waals surface area contributed by atoms with E-state index in [1.807, 2.05) is 0 Å². The maximum absolute atomic E-state index is 4.96. The SMILES string of the molecule is [C](/CC1CO1)=C1\CO1. The Balaban J connectivity index is 1.75. The van der Waals surface area contributed by atoms with Gasteiger partial charge in [0, 0.05) is 12.5 Å². The Morgan fingerprint density at radius 2 is 2.50 bits per heavy atom. The Labute approximate surface area is 48.1 Å². The highest BCUT2D eigenvalue weighted by atomic mass is 16.6. The molecular weight excluding hydrogens is 104 g/mol. The molecule has 2 aliphatic heterocycles. The van der Waals surface area contributed by atoms with Crippen LogP contribution in [0.3, 0.4) is 0 Å². The molecule has 0 aromatic rings. The largest absolute Gasteiger partial charge is 0.486 e. The molecule has 0 N–H and O–H groups in total. The van der Waals surface area contributed by atoms with Crippen LogP contribution in [0.5, 0.6) is 0 Å². The number of rotatable bonds is 2. The van der Waals surface area contributed by atoms with E-state index in [2.05, 4.69) is 6.08 Å². The molecule has 0 aromatic heterocycles. The molecule has 0 aromatic carbocycles. The summed E-state index contributed by atoms with van der Waals surface area (Å²) in [5.74, 6) is 1.01. The lowest BCUT2D eigenvalue weighted by molar-refractivity contribution is 0.407. The average molecular weight is 111 g/mol. The molecule has 0 bridgehead atoms. The maximum atomic E-state index is 4.96. The highest BCUT2D eigenvalue weighted by Crippen LogP contribution is 2.19. The predicted octanol–water partition coefficient (Wildman–Crippen LogP) is 0.493. The van der Waals surface area contributed by atoms with Gasteiger partial charge in [-0.15, -0.1) is 0 Å². The molecule has 2 rings (SSSR count). The number of hydrogen-bond acceptors (Lipinski definition) is 2. The van der Waals surface area contributed by atoms with Crippen molar-refractivity contribution in [1.82, 2.24) is 0 Å². The molecule has 2 saturated heterocycles. The Kier molecular flexibility index (Phi) is 0.815. The van der Waals surface area contributed by atoms with Crippen LogP contribution in [-0.4, -0.2) is 19.3 Å². The minimum Gasteiger partial charge on any atom is -0.486 e. The Morgan fingerprint density at radius 1 is 1.75 bits per heavy atom. The van der Waals surface area contributed by atoms with Crippen LogP contribution in [0.2, 0.25) is 0 Å². The smallest absolute Gasteiger partial charge is 0.145 e. The van der Waals surface area contributed by atoms with Crippen LogP contribution in [-0.2, 0) is 9.47 Å². The Morgan fingerprint density at radius 3 is 3.00 bits per heavy atom. The quantitative estimate of drug-likeness (QED) is 0.484. The number of ether oxygens (including phenoxy) is 2. The van der Waals surface area contributed by atoms with E-state index in [0.29, 0.717) is 6.10 Å². The minimum atomic E-state index is 0.465. The zero-order valence-corrected chi connectivity index (χ0v) is 4.52. The van der Waals surface area contributed by atoms with E-state index in [9.17, 15) is 0 Å². The van der Waals surface area contributed by atoms with Crippen molar-refractivity contribution in [2.45, 2.75) is 12.5 Å². The third-order valence-electron chi connectivity index (χ3n) is 1.22. The van der Waals surface area contributed by atoms with Gasteiger partial charge < -0.3 is 9.47 Å². The Hall–Kier alpha value is -0.500. The molecule has 1 radical (unpaired) electrons. The van der Waals surface area contributed by atoms with Gasteiger partial charge in [-0.3, -0.25) is 0 Å². The van der Waals surface area contributed by atoms with Crippen molar-refractivity contribution in [2.75, 3.05) is 13.2 Å². The first-order valence-corrected chi connectivity index (χ1v) is 2.79. The fourth-order valence-electron chi connectivity index (χ4n) is 0.552. The maximum Gasteiger partial charge on any atom is 0.145 e. The summed E-state index contributed by atoms with van der Waals surface area (Å²) < 4.78 is 9.79. The Bertz CT molecular complexity index is 118. The van der Waals surface area contributed by atoms with Crippen LogP contribution in [0.25, 0.3) is 0 Å². The molecule has 43 valence electrons. The predicted molar refractivity (Wildman–Crippen MR) is 27.1 cm³/mol. The van der Waals surface area contributed by atoms with Crippen molar-refractivity contribution in [3.8, 4) is 0 Å². The highest BCUT2D eigenvalue weighted by molar-refractivity contribution is 5.00. The zero-order chi connectivity index (χ0) is 5.40. The van der Waals surface area contributed by atoms with Crippen LogP contribution >= 0.6 is 0 Å². The van der Waals surface area contributed by atoms with Gasteiger partial charge in [-0.25, -0.2) is 0 Å². The van der Waals surface area contributed by atoms with E-state index in [1.54, 1.807) is 0 Å². The fraction of sp³-hybridized carbons (Fsp3) is 0.667. The normalized spacial score (nSPS) is 37.0. The van der Waals surface area contributed by atoms with Gasteiger partial charge in [0.25, 0.3) is 0 Å². The molecule has 0 saturated carbocycles. The summed E-state index contributed by atoms with van der Waals surface area (Å²) in [6.45, 7) is 1.72. The van der Waals surface area contributed by atoms with Gasteiger partial charge in [0.1, 0.15) is 12.4 Å². The molecule has 2 nitrogen and oxygen atoms in total. The van der Waals surface area contributed by atoms with Crippen LogP contribution in [0, 0.1) is 6.08 Å². The molecule has 0 amide bonds. The van der Waals surface area contributed by atoms with E-state index in [0.717, 1.165) is 25.4 Å². The van der Waals surface area contributed by atoms with E-state index < -0.39 is 0 Å². The number of hydrogen-bond donors (Lipinski definition) is 0.